The molecule has 1 atom stereocenters. The molecule has 0 saturated carbocycles. The Kier molecular flexibility index (Phi) is 4.52. The summed E-state index contributed by atoms with van der Waals surface area (Å²) in [5, 5.41) is 5.52. The maximum absolute atomic E-state index is 11.8. The second-order valence-corrected chi connectivity index (χ2v) is 4.78. The monoisotopic (exact) mass is 261 g/mol. The molecule has 1 saturated heterocycles. The normalized spacial score (nSPS) is 18.2. The Morgan fingerprint density at radius 2 is 2.00 bits per heavy atom. The van der Waals surface area contributed by atoms with Crippen molar-refractivity contribution in [1.29, 1.82) is 0 Å². The number of benzene rings is 1. The predicted octanol–water partition coefficient (Wildman–Crippen LogP) is -0.0599. The fourth-order valence-electron chi connectivity index (χ4n) is 2.11. The van der Waals surface area contributed by atoms with Crippen LogP contribution in [0.2, 0.25) is 0 Å². The van der Waals surface area contributed by atoms with Gasteiger partial charge in [-0.15, -0.1) is 0 Å². The van der Waals surface area contributed by atoms with Crippen LogP contribution in [-0.4, -0.2) is 24.9 Å². The number of nitrogens with two attached hydrogens (primary N) is 1. The van der Waals surface area contributed by atoms with E-state index in [0.29, 0.717) is 26.1 Å². The fraction of sp³-hybridized carbons (Fsp3) is 0.429. The maximum Gasteiger partial charge on any atom is 0.225 e. The third-order valence-electron chi connectivity index (χ3n) is 3.27. The first kappa shape index (κ1) is 13.5. The molecule has 1 heterocycles. The summed E-state index contributed by atoms with van der Waals surface area (Å²) in [6.07, 6.45) is 1.16. The molecule has 1 aliphatic heterocycles. The molecule has 5 heteroatoms. The summed E-state index contributed by atoms with van der Waals surface area (Å²) in [6, 6.07) is 8.02. The molecule has 2 amide bonds. The van der Waals surface area contributed by atoms with Crippen molar-refractivity contribution in [1.82, 2.24) is 10.6 Å². The third kappa shape index (κ3) is 3.79. The number of hydrogen-bond acceptors (Lipinski definition) is 3. The van der Waals surface area contributed by atoms with Gasteiger partial charge >= 0.3 is 0 Å². The Morgan fingerprint density at radius 1 is 1.32 bits per heavy atom. The Bertz CT molecular complexity index is 456. The predicted molar refractivity (Wildman–Crippen MR) is 72.2 cm³/mol. The van der Waals surface area contributed by atoms with Gasteiger partial charge in [-0.25, -0.2) is 0 Å². The van der Waals surface area contributed by atoms with Crippen molar-refractivity contribution in [2.45, 2.75) is 19.4 Å². The highest BCUT2D eigenvalue weighted by Crippen LogP contribution is 2.09. The van der Waals surface area contributed by atoms with E-state index < -0.39 is 0 Å². The summed E-state index contributed by atoms with van der Waals surface area (Å²) in [7, 11) is 0. The van der Waals surface area contributed by atoms with Crippen molar-refractivity contribution < 1.29 is 9.59 Å². The van der Waals surface area contributed by atoms with Crippen molar-refractivity contribution in [3.63, 3.8) is 0 Å². The molecule has 5 nitrogen and oxygen atoms in total. The van der Waals surface area contributed by atoms with Crippen LogP contribution in [-0.2, 0) is 22.6 Å². The van der Waals surface area contributed by atoms with Gasteiger partial charge in [0, 0.05) is 19.5 Å². The molecule has 1 aromatic carbocycles. The van der Waals surface area contributed by atoms with Crippen LogP contribution >= 0.6 is 0 Å². The summed E-state index contributed by atoms with van der Waals surface area (Å²) in [5.74, 6) is -0.348. The molecular formula is C14H19N3O2. The van der Waals surface area contributed by atoms with Crippen LogP contribution in [0.5, 0.6) is 0 Å². The minimum atomic E-state index is -0.232. The Balaban J connectivity index is 1.81. The van der Waals surface area contributed by atoms with E-state index in [0.717, 1.165) is 12.0 Å². The fourth-order valence-corrected chi connectivity index (χ4v) is 2.11. The van der Waals surface area contributed by atoms with Crippen molar-refractivity contribution in [3.05, 3.63) is 35.4 Å². The first-order valence-electron chi connectivity index (χ1n) is 6.51. The number of hydrogen-bond donors (Lipinski definition) is 3. The molecule has 0 bridgehead atoms. The summed E-state index contributed by atoms with van der Waals surface area (Å²) in [4.78, 5) is 22.8. The van der Waals surface area contributed by atoms with Gasteiger partial charge in [-0.1, -0.05) is 24.3 Å². The highest BCUT2D eigenvalue weighted by atomic mass is 16.2. The molecule has 0 spiro atoms. The van der Waals surface area contributed by atoms with E-state index in [4.69, 9.17) is 5.73 Å². The van der Waals surface area contributed by atoms with Crippen molar-refractivity contribution in [2.75, 3.05) is 13.1 Å². The van der Waals surface area contributed by atoms with Crippen LogP contribution in [0, 0.1) is 5.92 Å². The lowest BCUT2D eigenvalue weighted by Crippen LogP contribution is -2.31. The smallest absolute Gasteiger partial charge is 0.225 e. The second kappa shape index (κ2) is 6.33. The first-order chi connectivity index (χ1) is 9.19. The SMILES string of the molecule is NCCc1ccc(CNC(=O)C2CNC(=O)C2)cc1. The van der Waals surface area contributed by atoms with Gasteiger partial charge in [0.25, 0.3) is 0 Å². The summed E-state index contributed by atoms with van der Waals surface area (Å²) >= 11 is 0. The van der Waals surface area contributed by atoms with Gasteiger partial charge in [0.2, 0.25) is 11.8 Å². The third-order valence-corrected chi connectivity index (χ3v) is 3.27. The summed E-state index contributed by atoms with van der Waals surface area (Å²) in [5.41, 5.74) is 7.73. The van der Waals surface area contributed by atoms with E-state index >= 15 is 0 Å². The lowest BCUT2D eigenvalue weighted by atomic mass is 10.1. The van der Waals surface area contributed by atoms with Gasteiger partial charge in [0.1, 0.15) is 0 Å². The van der Waals surface area contributed by atoms with E-state index in [-0.39, 0.29) is 17.7 Å². The number of amides is 2. The Hall–Kier alpha value is -1.88. The van der Waals surface area contributed by atoms with Crippen molar-refractivity contribution in [3.8, 4) is 0 Å². The zero-order chi connectivity index (χ0) is 13.7. The zero-order valence-corrected chi connectivity index (χ0v) is 10.8. The Labute approximate surface area is 112 Å². The molecule has 102 valence electrons. The molecule has 1 fully saturated rings. The van der Waals surface area contributed by atoms with Crippen LogP contribution in [0.4, 0.5) is 0 Å². The van der Waals surface area contributed by atoms with Crippen LogP contribution in [0.3, 0.4) is 0 Å². The van der Waals surface area contributed by atoms with E-state index in [1.54, 1.807) is 0 Å². The first-order valence-corrected chi connectivity index (χ1v) is 6.51. The topological polar surface area (TPSA) is 84.2 Å². The van der Waals surface area contributed by atoms with E-state index in [2.05, 4.69) is 10.6 Å². The van der Waals surface area contributed by atoms with Gasteiger partial charge in [0.15, 0.2) is 0 Å². The molecule has 1 unspecified atom stereocenters. The molecule has 1 aliphatic rings. The molecular weight excluding hydrogens is 242 g/mol. The number of carbonyl (C=O) groups excluding carboxylic acids is 2. The maximum atomic E-state index is 11.8. The molecule has 0 aromatic heterocycles. The lowest BCUT2D eigenvalue weighted by molar-refractivity contribution is -0.126. The number of carbonyl (C=O) groups is 2. The van der Waals surface area contributed by atoms with Crippen LogP contribution in [0.1, 0.15) is 17.5 Å². The van der Waals surface area contributed by atoms with Gasteiger partial charge in [-0.2, -0.15) is 0 Å². The number of rotatable bonds is 5. The van der Waals surface area contributed by atoms with Crippen LogP contribution < -0.4 is 16.4 Å². The molecule has 2 rings (SSSR count). The van der Waals surface area contributed by atoms with Crippen molar-refractivity contribution >= 4 is 11.8 Å². The van der Waals surface area contributed by atoms with Crippen LogP contribution in [0.15, 0.2) is 24.3 Å². The quantitative estimate of drug-likeness (QED) is 0.694. The zero-order valence-electron chi connectivity index (χ0n) is 10.8. The second-order valence-electron chi connectivity index (χ2n) is 4.78. The van der Waals surface area contributed by atoms with Crippen LogP contribution in [0.25, 0.3) is 0 Å². The summed E-state index contributed by atoms with van der Waals surface area (Å²) < 4.78 is 0. The molecule has 1 aromatic rings. The van der Waals surface area contributed by atoms with Crippen molar-refractivity contribution in [2.24, 2.45) is 11.7 Å². The highest BCUT2D eigenvalue weighted by molar-refractivity contribution is 5.89. The number of nitrogens with one attached hydrogen (secondary N) is 2. The van der Waals surface area contributed by atoms with Gasteiger partial charge in [-0.3, -0.25) is 9.59 Å². The highest BCUT2D eigenvalue weighted by Gasteiger charge is 2.27. The van der Waals surface area contributed by atoms with Gasteiger partial charge in [-0.05, 0) is 24.1 Å². The lowest BCUT2D eigenvalue weighted by Gasteiger charge is -2.09. The largest absolute Gasteiger partial charge is 0.355 e. The van der Waals surface area contributed by atoms with Gasteiger partial charge in [0.05, 0.1) is 5.92 Å². The Morgan fingerprint density at radius 3 is 2.58 bits per heavy atom. The molecule has 0 aliphatic carbocycles. The van der Waals surface area contributed by atoms with E-state index in [1.807, 2.05) is 24.3 Å². The average molecular weight is 261 g/mol. The molecule has 0 radical (unpaired) electrons. The average Bonchev–Trinajstić information content (AvgIpc) is 2.85. The molecule has 4 N–H and O–H groups in total. The standard InChI is InChI=1S/C14H19N3O2/c15-6-5-10-1-3-11(4-2-10)8-17-14(19)12-7-13(18)16-9-12/h1-4,12H,5-9,15H2,(H,16,18)(H,17,19). The molecule has 19 heavy (non-hydrogen) atoms. The van der Waals surface area contributed by atoms with E-state index in [9.17, 15) is 9.59 Å². The van der Waals surface area contributed by atoms with Gasteiger partial charge < -0.3 is 16.4 Å². The minimum Gasteiger partial charge on any atom is -0.355 e. The summed E-state index contributed by atoms with van der Waals surface area (Å²) in [6.45, 7) is 1.57. The van der Waals surface area contributed by atoms with E-state index in [1.165, 1.54) is 5.56 Å². The minimum absolute atomic E-state index is 0.0497.